The molecule has 2 rings (SSSR count). The number of carbonyl (C=O) groups is 2. The molecule has 2 amide bonds. The Bertz CT molecular complexity index is 433. The summed E-state index contributed by atoms with van der Waals surface area (Å²) in [4.78, 5) is 24.0. The van der Waals surface area contributed by atoms with Gasteiger partial charge < -0.3 is 10.1 Å². The Balaban J connectivity index is 1.89. The summed E-state index contributed by atoms with van der Waals surface area (Å²) in [5.41, 5.74) is 0.838. The van der Waals surface area contributed by atoms with E-state index in [0.29, 0.717) is 19.5 Å². The van der Waals surface area contributed by atoms with Crippen molar-refractivity contribution >= 4 is 17.7 Å². The van der Waals surface area contributed by atoms with Gasteiger partial charge in [0.1, 0.15) is 6.10 Å². The molecule has 0 bridgehead atoms. The number of rotatable bonds is 4. The fraction of sp³-hybridized carbons (Fsp3) is 0.385. The van der Waals surface area contributed by atoms with Crippen LogP contribution in [0.2, 0.25) is 0 Å². The van der Waals surface area contributed by atoms with Crippen LogP contribution in [0.1, 0.15) is 13.3 Å². The highest BCUT2D eigenvalue weighted by molar-refractivity contribution is 5.89. The van der Waals surface area contributed by atoms with Crippen molar-refractivity contribution < 1.29 is 14.3 Å². The molecule has 0 saturated carbocycles. The molecule has 18 heavy (non-hydrogen) atoms. The molecule has 1 aliphatic rings. The first-order valence-corrected chi connectivity index (χ1v) is 5.94. The van der Waals surface area contributed by atoms with E-state index in [2.05, 4.69) is 5.32 Å². The number of benzene rings is 1. The highest BCUT2D eigenvalue weighted by Crippen LogP contribution is 2.22. The first kappa shape index (κ1) is 12.4. The topological polar surface area (TPSA) is 58.6 Å². The van der Waals surface area contributed by atoms with Crippen molar-refractivity contribution in [1.29, 1.82) is 0 Å². The van der Waals surface area contributed by atoms with Crippen LogP contribution in [0.4, 0.5) is 10.5 Å². The molecule has 1 N–H and O–H groups in total. The summed E-state index contributed by atoms with van der Waals surface area (Å²) in [6.45, 7) is 2.52. The molecule has 1 atom stereocenters. The quantitative estimate of drug-likeness (QED) is 0.879. The van der Waals surface area contributed by atoms with Gasteiger partial charge in [0.15, 0.2) is 0 Å². The summed E-state index contributed by atoms with van der Waals surface area (Å²) >= 11 is 0. The van der Waals surface area contributed by atoms with Crippen molar-refractivity contribution in [2.45, 2.75) is 19.4 Å². The van der Waals surface area contributed by atoms with Crippen LogP contribution in [0.15, 0.2) is 30.3 Å². The molecule has 1 aliphatic heterocycles. The Morgan fingerprint density at radius 2 is 2.17 bits per heavy atom. The maximum Gasteiger partial charge on any atom is 0.414 e. The lowest BCUT2D eigenvalue weighted by Crippen LogP contribution is -2.27. The summed E-state index contributed by atoms with van der Waals surface area (Å²) in [5.74, 6) is -0.0701. The van der Waals surface area contributed by atoms with Crippen LogP contribution in [0.3, 0.4) is 0 Å². The van der Waals surface area contributed by atoms with Gasteiger partial charge in [0.25, 0.3) is 0 Å². The van der Waals surface area contributed by atoms with E-state index in [4.69, 9.17) is 4.74 Å². The van der Waals surface area contributed by atoms with Crippen molar-refractivity contribution in [2.24, 2.45) is 0 Å². The monoisotopic (exact) mass is 248 g/mol. The third-order valence-corrected chi connectivity index (χ3v) is 2.78. The number of amides is 2. The van der Waals surface area contributed by atoms with Crippen LogP contribution in [0.25, 0.3) is 0 Å². The fourth-order valence-corrected chi connectivity index (χ4v) is 1.90. The second kappa shape index (κ2) is 5.53. The smallest absolute Gasteiger partial charge is 0.414 e. The minimum absolute atomic E-state index is 0.0701. The molecule has 1 heterocycles. The predicted molar refractivity (Wildman–Crippen MR) is 67.4 cm³/mol. The minimum atomic E-state index is -0.325. The van der Waals surface area contributed by atoms with Crippen molar-refractivity contribution in [3.8, 4) is 0 Å². The molecular formula is C13H16N2O3. The fourth-order valence-electron chi connectivity index (χ4n) is 1.90. The molecule has 0 aromatic heterocycles. The predicted octanol–water partition coefficient (Wildman–Crippen LogP) is 1.54. The highest BCUT2D eigenvalue weighted by atomic mass is 16.6. The molecule has 0 aliphatic carbocycles. The second-order valence-corrected chi connectivity index (χ2v) is 4.22. The zero-order valence-electron chi connectivity index (χ0n) is 10.3. The van der Waals surface area contributed by atoms with E-state index in [1.165, 1.54) is 6.92 Å². The standard InChI is InChI=1S/C13H16N2O3/c1-10(16)14-8-7-12-9-15(13(17)18-12)11-5-3-2-4-6-11/h2-6,12H,7-9H2,1H3,(H,14,16). The lowest BCUT2D eigenvalue weighted by Gasteiger charge is -2.12. The molecule has 5 heteroatoms. The van der Waals surface area contributed by atoms with Crippen molar-refractivity contribution in [1.82, 2.24) is 5.32 Å². The van der Waals surface area contributed by atoms with E-state index in [1.807, 2.05) is 30.3 Å². The van der Waals surface area contributed by atoms with Gasteiger partial charge in [0.2, 0.25) is 5.91 Å². The van der Waals surface area contributed by atoms with Crippen LogP contribution in [-0.4, -0.2) is 31.2 Å². The Kier molecular flexibility index (Phi) is 3.82. The van der Waals surface area contributed by atoms with E-state index in [1.54, 1.807) is 4.90 Å². The second-order valence-electron chi connectivity index (χ2n) is 4.22. The lowest BCUT2D eigenvalue weighted by atomic mass is 10.2. The molecule has 5 nitrogen and oxygen atoms in total. The Morgan fingerprint density at radius 3 is 2.83 bits per heavy atom. The number of nitrogens with one attached hydrogen (secondary N) is 1. The molecular weight excluding hydrogens is 232 g/mol. The first-order chi connectivity index (χ1) is 8.66. The van der Waals surface area contributed by atoms with Gasteiger partial charge in [-0.3, -0.25) is 9.69 Å². The van der Waals surface area contributed by atoms with E-state index in [9.17, 15) is 9.59 Å². The molecule has 1 saturated heterocycles. The largest absolute Gasteiger partial charge is 0.444 e. The van der Waals surface area contributed by atoms with E-state index >= 15 is 0 Å². The first-order valence-electron chi connectivity index (χ1n) is 5.94. The Hall–Kier alpha value is -2.04. The van der Waals surface area contributed by atoms with E-state index in [0.717, 1.165) is 5.69 Å². The van der Waals surface area contributed by atoms with E-state index in [-0.39, 0.29) is 18.1 Å². The third-order valence-electron chi connectivity index (χ3n) is 2.78. The van der Waals surface area contributed by atoms with Crippen molar-refractivity contribution in [3.05, 3.63) is 30.3 Å². The number of anilines is 1. The van der Waals surface area contributed by atoms with Crippen LogP contribution >= 0.6 is 0 Å². The van der Waals surface area contributed by atoms with Crippen LogP contribution in [0.5, 0.6) is 0 Å². The van der Waals surface area contributed by atoms with Gasteiger partial charge in [-0.25, -0.2) is 4.79 Å². The molecule has 1 aromatic rings. The van der Waals surface area contributed by atoms with Crippen molar-refractivity contribution in [3.63, 3.8) is 0 Å². The SMILES string of the molecule is CC(=O)NCCC1CN(c2ccccc2)C(=O)O1. The van der Waals surface area contributed by atoms with Crippen LogP contribution in [-0.2, 0) is 9.53 Å². The average molecular weight is 248 g/mol. The summed E-state index contributed by atoms with van der Waals surface area (Å²) in [7, 11) is 0. The Labute approximate surface area is 106 Å². The average Bonchev–Trinajstić information content (AvgIpc) is 2.71. The summed E-state index contributed by atoms with van der Waals surface area (Å²) < 4.78 is 5.25. The molecule has 0 spiro atoms. The number of para-hydroxylation sites is 1. The minimum Gasteiger partial charge on any atom is -0.444 e. The molecule has 0 radical (unpaired) electrons. The number of cyclic esters (lactones) is 1. The summed E-state index contributed by atoms with van der Waals surface area (Å²) in [6, 6.07) is 9.41. The molecule has 1 aromatic carbocycles. The molecule has 96 valence electrons. The van der Waals surface area contributed by atoms with E-state index < -0.39 is 0 Å². The number of hydrogen-bond donors (Lipinski definition) is 1. The van der Waals surface area contributed by atoms with Gasteiger partial charge in [-0.2, -0.15) is 0 Å². The number of hydrogen-bond acceptors (Lipinski definition) is 3. The molecule has 1 fully saturated rings. The van der Waals surface area contributed by atoms with Gasteiger partial charge in [0.05, 0.1) is 6.54 Å². The third kappa shape index (κ3) is 3.00. The maximum atomic E-state index is 11.7. The van der Waals surface area contributed by atoms with Crippen molar-refractivity contribution in [2.75, 3.05) is 18.0 Å². The number of carbonyl (C=O) groups excluding carboxylic acids is 2. The van der Waals surface area contributed by atoms with Gasteiger partial charge in [-0.15, -0.1) is 0 Å². The summed E-state index contributed by atoms with van der Waals surface area (Å²) in [6.07, 6.45) is 0.146. The van der Waals surface area contributed by atoms with Gasteiger partial charge in [0, 0.05) is 25.6 Å². The number of nitrogens with zero attached hydrogens (tertiary/aromatic N) is 1. The maximum absolute atomic E-state index is 11.7. The molecule has 1 unspecified atom stereocenters. The lowest BCUT2D eigenvalue weighted by molar-refractivity contribution is -0.119. The summed E-state index contributed by atoms with van der Waals surface area (Å²) in [5, 5.41) is 2.69. The van der Waals surface area contributed by atoms with Gasteiger partial charge >= 0.3 is 6.09 Å². The zero-order chi connectivity index (χ0) is 13.0. The van der Waals surface area contributed by atoms with Gasteiger partial charge in [-0.05, 0) is 12.1 Å². The normalized spacial score (nSPS) is 18.6. The Morgan fingerprint density at radius 1 is 1.44 bits per heavy atom. The van der Waals surface area contributed by atoms with Gasteiger partial charge in [-0.1, -0.05) is 18.2 Å². The van der Waals surface area contributed by atoms with Crippen LogP contribution in [0, 0.1) is 0 Å². The zero-order valence-corrected chi connectivity index (χ0v) is 10.3. The number of ether oxygens (including phenoxy) is 1. The highest BCUT2D eigenvalue weighted by Gasteiger charge is 2.31. The van der Waals surface area contributed by atoms with Crippen LogP contribution < -0.4 is 10.2 Å².